The maximum absolute atomic E-state index is 13.0. The van der Waals surface area contributed by atoms with Gasteiger partial charge in [0.2, 0.25) is 5.65 Å². The van der Waals surface area contributed by atoms with Crippen LogP contribution in [0.2, 0.25) is 0 Å². The van der Waals surface area contributed by atoms with E-state index in [1.807, 2.05) is 36.4 Å². The first-order chi connectivity index (χ1) is 17.7. The van der Waals surface area contributed by atoms with Crippen LogP contribution < -0.4 is 16.0 Å². The van der Waals surface area contributed by atoms with Crippen molar-refractivity contribution in [2.45, 2.75) is 6.42 Å². The number of nitrogens with one attached hydrogen (secondary N) is 1. The highest BCUT2D eigenvalue weighted by Crippen LogP contribution is 2.18. The Bertz CT molecular complexity index is 1580. The first-order valence-corrected chi connectivity index (χ1v) is 11.4. The summed E-state index contributed by atoms with van der Waals surface area (Å²) in [6, 6.07) is 7.15. The minimum Gasteiger partial charge on any atom is -0.337 e. The molecule has 2 aliphatic rings. The Morgan fingerprint density at radius 1 is 1.00 bits per heavy atom. The van der Waals surface area contributed by atoms with Crippen LogP contribution in [0.3, 0.4) is 0 Å². The molecule has 3 aromatic heterocycles. The van der Waals surface area contributed by atoms with Gasteiger partial charge in [-0.25, -0.2) is 9.61 Å². The van der Waals surface area contributed by atoms with E-state index in [9.17, 15) is 9.59 Å². The van der Waals surface area contributed by atoms with E-state index in [2.05, 4.69) is 35.8 Å². The van der Waals surface area contributed by atoms with Crippen molar-refractivity contribution in [3.63, 3.8) is 0 Å². The molecular weight excluding hydrogens is 464 g/mol. The first-order valence-electron chi connectivity index (χ1n) is 11.4. The molecule has 1 fully saturated rings. The molecule has 1 aliphatic carbocycles. The van der Waals surface area contributed by atoms with Gasteiger partial charge in [-0.3, -0.25) is 9.59 Å². The predicted molar refractivity (Wildman–Crippen MR) is 126 cm³/mol. The van der Waals surface area contributed by atoms with E-state index in [-0.39, 0.29) is 17.5 Å². The zero-order valence-electron chi connectivity index (χ0n) is 19.0. The molecule has 0 spiro atoms. The second kappa shape index (κ2) is 9.02. The molecule has 0 bridgehead atoms. The van der Waals surface area contributed by atoms with Crippen LogP contribution in [0.5, 0.6) is 0 Å². The largest absolute Gasteiger partial charge is 0.337 e. The van der Waals surface area contributed by atoms with E-state index in [1.54, 1.807) is 26.4 Å². The van der Waals surface area contributed by atoms with Gasteiger partial charge in [0.25, 0.3) is 11.8 Å². The van der Waals surface area contributed by atoms with E-state index < -0.39 is 0 Å². The van der Waals surface area contributed by atoms with Crippen molar-refractivity contribution in [3.05, 3.63) is 64.6 Å². The molecular formula is C23H20N10O3. The molecule has 1 N–H and O–H groups in total. The number of carbonyl (C=O) groups excluding carboxylic acids is 2. The van der Waals surface area contributed by atoms with Crippen LogP contribution >= 0.6 is 0 Å². The van der Waals surface area contributed by atoms with E-state index in [0.717, 1.165) is 22.8 Å². The van der Waals surface area contributed by atoms with Crippen LogP contribution in [-0.2, 0) is 0 Å². The molecule has 0 unspecified atom stereocenters. The lowest BCUT2D eigenvalue weighted by molar-refractivity contribution is 0.0529. The van der Waals surface area contributed by atoms with Gasteiger partial charge in [0, 0.05) is 37.4 Å². The van der Waals surface area contributed by atoms with E-state index in [4.69, 9.17) is 4.98 Å². The average molecular weight is 484 g/mol. The van der Waals surface area contributed by atoms with Crippen molar-refractivity contribution in [2.75, 3.05) is 31.5 Å². The number of hydrogen-bond acceptors (Lipinski definition) is 10. The van der Waals surface area contributed by atoms with E-state index >= 15 is 0 Å². The van der Waals surface area contributed by atoms with Crippen LogP contribution in [0, 0.1) is 0 Å². The van der Waals surface area contributed by atoms with Crippen LogP contribution in [0.15, 0.2) is 47.2 Å². The molecule has 6 rings (SSSR count). The van der Waals surface area contributed by atoms with Crippen molar-refractivity contribution < 1.29 is 14.2 Å². The fourth-order valence-electron chi connectivity index (χ4n) is 4.19. The normalized spacial score (nSPS) is 15.1. The van der Waals surface area contributed by atoms with Crippen LogP contribution in [-0.4, -0.2) is 83.1 Å². The second-order valence-corrected chi connectivity index (χ2v) is 8.26. The summed E-state index contributed by atoms with van der Waals surface area (Å²) in [6.45, 7) is 1.67. The number of rotatable bonds is 4. The summed E-state index contributed by atoms with van der Waals surface area (Å²) in [5.74, 6) is 0.169. The fourth-order valence-corrected chi connectivity index (χ4v) is 4.19. The third-order valence-electron chi connectivity index (χ3n) is 6.07. The van der Waals surface area contributed by atoms with Gasteiger partial charge in [0.1, 0.15) is 6.20 Å². The Morgan fingerprint density at radius 2 is 1.78 bits per heavy atom. The van der Waals surface area contributed by atoms with Gasteiger partial charge < -0.3 is 15.1 Å². The molecule has 13 heteroatoms. The summed E-state index contributed by atoms with van der Waals surface area (Å²) in [7, 11) is 0. The van der Waals surface area contributed by atoms with Crippen molar-refractivity contribution >= 4 is 41.1 Å². The first kappa shape index (κ1) is 21.6. The quantitative estimate of drug-likeness (QED) is 0.412. The number of fused-ring (bicyclic) bond motifs is 3. The second-order valence-electron chi connectivity index (χ2n) is 8.26. The molecule has 13 nitrogen and oxygen atoms in total. The third-order valence-corrected chi connectivity index (χ3v) is 6.07. The number of piperazine rings is 1. The number of allylic oxidation sites excluding steroid dienone is 2. The predicted octanol–water partition coefficient (Wildman–Crippen LogP) is -0.235. The number of benzene rings is 1. The molecule has 36 heavy (non-hydrogen) atoms. The topological polar surface area (TPSA) is 148 Å². The summed E-state index contributed by atoms with van der Waals surface area (Å²) < 4.78 is 6.15. The van der Waals surface area contributed by atoms with Gasteiger partial charge in [0.15, 0.2) is 11.5 Å². The monoisotopic (exact) mass is 484 g/mol. The van der Waals surface area contributed by atoms with Gasteiger partial charge >= 0.3 is 0 Å². The number of anilines is 2. The highest BCUT2D eigenvalue weighted by molar-refractivity contribution is 5.95. The summed E-state index contributed by atoms with van der Waals surface area (Å²) in [4.78, 5) is 33.5. The van der Waals surface area contributed by atoms with E-state index in [0.29, 0.717) is 43.2 Å². The molecule has 0 radical (unpaired) electrons. The zero-order chi connectivity index (χ0) is 24.5. The maximum atomic E-state index is 13.0. The number of carbonyl (C=O) groups is 2. The Hall–Kier alpha value is -4.94. The molecule has 2 amide bonds. The van der Waals surface area contributed by atoms with Gasteiger partial charge in [-0.15, -0.1) is 5.10 Å². The zero-order valence-corrected chi connectivity index (χ0v) is 19.0. The number of nitrogens with zero attached hydrogens (tertiary/aromatic N) is 9. The minimum atomic E-state index is -0.256. The Morgan fingerprint density at radius 3 is 2.53 bits per heavy atom. The van der Waals surface area contributed by atoms with Crippen molar-refractivity contribution in [2.24, 2.45) is 0 Å². The van der Waals surface area contributed by atoms with Crippen molar-refractivity contribution in [3.8, 4) is 0 Å². The molecule has 1 aliphatic heterocycles. The molecule has 4 heterocycles. The minimum absolute atomic E-state index is 0.0957. The van der Waals surface area contributed by atoms with Crippen LogP contribution in [0.25, 0.3) is 17.8 Å². The lowest BCUT2D eigenvalue weighted by Crippen LogP contribution is -2.50. The lowest BCUT2D eigenvalue weighted by Gasteiger charge is -2.34. The van der Waals surface area contributed by atoms with Gasteiger partial charge in [-0.05, 0) is 52.3 Å². The highest BCUT2D eigenvalue weighted by atomic mass is 16.6. The third kappa shape index (κ3) is 3.96. The lowest BCUT2D eigenvalue weighted by atomic mass is 10.1. The summed E-state index contributed by atoms with van der Waals surface area (Å²) in [5.41, 5.74) is 1.96. The highest BCUT2D eigenvalue weighted by Gasteiger charge is 2.27. The standard InChI is InChI=1S/C23H20N10O3/c34-22(31-10-12-32(13-11-31)23(35)18-14-24-36-28-18)15-6-8-16(9-7-15)25-20-21-27-29-30-33(21)19-5-3-1-2-4-17(19)26-20/h1,3-9,14H,2,10-13H2,(H,25,26). The van der Waals surface area contributed by atoms with Crippen LogP contribution in [0.4, 0.5) is 11.5 Å². The SMILES string of the molecule is O=C(c1ccc(Nc2nc3c(n4nnnc24)=CC=CCC=3)cc1)N1CCN(C(=O)c2cnon2)CC1. The average Bonchev–Trinajstić information content (AvgIpc) is 3.58. The number of tetrazole rings is 1. The summed E-state index contributed by atoms with van der Waals surface area (Å²) in [5, 5.41) is 23.9. The summed E-state index contributed by atoms with van der Waals surface area (Å²) >= 11 is 0. The molecule has 0 saturated carbocycles. The van der Waals surface area contributed by atoms with Crippen LogP contribution in [0.1, 0.15) is 27.3 Å². The number of amides is 2. The molecule has 1 saturated heterocycles. The Kier molecular flexibility index (Phi) is 5.41. The molecule has 0 atom stereocenters. The van der Waals surface area contributed by atoms with Crippen molar-refractivity contribution in [1.82, 2.24) is 45.1 Å². The van der Waals surface area contributed by atoms with Gasteiger partial charge in [-0.2, -0.15) is 4.52 Å². The smallest absolute Gasteiger partial charge is 0.277 e. The Labute approximate surface area is 203 Å². The fraction of sp³-hybridized carbons (Fsp3) is 0.217. The Balaban J connectivity index is 1.15. The van der Waals surface area contributed by atoms with E-state index in [1.165, 1.54) is 6.20 Å². The molecule has 1 aromatic carbocycles. The van der Waals surface area contributed by atoms with Gasteiger partial charge in [-0.1, -0.05) is 23.4 Å². The van der Waals surface area contributed by atoms with Crippen molar-refractivity contribution in [1.29, 1.82) is 0 Å². The molecule has 180 valence electrons. The maximum Gasteiger partial charge on any atom is 0.277 e. The molecule has 4 aromatic rings. The summed E-state index contributed by atoms with van der Waals surface area (Å²) in [6.07, 6.45) is 9.99. The van der Waals surface area contributed by atoms with Gasteiger partial charge in [0.05, 0.1) is 10.7 Å². The number of aromatic nitrogens is 7. The number of hydrogen-bond donors (Lipinski definition) is 1.